The first kappa shape index (κ1) is 12.5. The van der Waals surface area contributed by atoms with Gasteiger partial charge in [-0.15, -0.1) is 0 Å². The molecule has 96 valence electrons. The van der Waals surface area contributed by atoms with Crippen molar-refractivity contribution in [3.8, 4) is 0 Å². The number of aryl methyl sites for hydroxylation is 3. The molecule has 6 heteroatoms. The lowest BCUT2D eigenvalue weighted by Gasteiger charge is -2.08. The van der Waals surface area contributed by atoms with E-state index in [1.54, 1.807) is 26.3 Å². The number of anilines is 1. The number of nitrogens with zero attached hydrogens (tertiary/aromatic N) is 3. The number of hydrogen-bond donors (Lipinski definition) is 1. The van der Waals surface area contributed by atoms with Gasteiger partial charge >= 0.3 is 0 Å². The summed E-state index contributed by atoms with van der Waals surface area (Å²) in [4.78, 5) is 8.00. The minimum Gasteiger partial charge on any atom is -0.368 e. The van der Waals surface area contributed by atoms with Crippen LogP contribution in [-0.4, -0.2) is 21.7 Å². The Morgan fingerprint density at radius 1 is 1.33 bits per heavy atom. The van der Waals surface area contributed by atoms with Gasteiger partial charge in [-0.2, -0.15) is 0 Å². The highest BCUT2D eigenvalue weighted by atomic mass is 19.1. The lowest BCUT2D eigenvalue weighted by molar-refractivity contribution is 0.419. The zero-order chi connectivity index (χ0) is 13.0. The van der Waals surface area contributed by atoms with Crippen molar-refractivity contribution in [1.82, 2.24) is 15.1 Å². The van der Waals surface area contributed by atoms with Crippen molar-refractivity contribution in [1.29, 1.82) is 0 Å². The highest BCUT2D eigenvalue weighted by Crippen LogP contribution is 2.13. The fourth-order valence-electron chi connectivity index (χ4n) is 1.67. The van der Waals surface area contributed by atoms with E-state index in [1.807, 2.05) is 0 Å². The summed E-state index contributed by atoms with van der Waals surface area (Å²) in [7, 11) is 0. The molecule has 0 spiro atoms. The van der Waals surface area contributed by atoms with Gasteiger partial charge in [0.05, 0.1) is 11.9 Å². The summed E-state index contributed by atoms with van der Waals surface area (Å²) in [5.41, 5.74) is 1.40. The molecule has 1 N–H and O–H groups in total. The smallest absolute Gasteiger partial charge is 0.186 e. The second kappa shape index (κ2) is 5.57. The van der Waals surface area contributed by atoms with Crippen molar-refractivity contribution >= 4 is 5.82 Å². The normalized spacial score (nSPS) is 10.6. The van der Waals surface area contributed by atoms with Crippen molar-refractivity contribution in [2.24, 2.45) is 0 Å². The fourth-order valence-corrected chi connectivity index (χ4v) is 1.67. The van der Waals surface area contributed by atoms with Crippen molar-refractivity contribution in [2.45, 2.75) is 26.7 Å². The van der Waals surface area contributed by atoms with Gasteiger partial charge in [0.25, 0.3) is 0 Å². The quantitative estimate of drug-likeness (QED) is 0.825. The summed E-state index contributed by atoms with van der Waals surface area (Å²) in [5.74, 6) is 0.450. The van der Waals surface area contributed by atoms with E-state index in [4.69, 9.17) is 4.52 Å². The molecule has 0 aliphatic rings. The molecule has 2 aromatic heterocycles. The first-order valence-corrected chi connectivity index (χ1v) is 5.79. The van der Waals surface area contributed by atoms with E-state index in [-0.39, 0.29) is 11.6 Å². The Bertz CT molecular complexity index is 513. The summed E-state index contributed by atoms with van der Waals surface area (Å²) >= 11 is 0. The van der Waals surface area contributed by atoms with Crippen LogP contribution in [0.4, 0.5) is 10.2 Å². The standard InChI is InChI=1S/C12H15FN4O/c1-8-11(13)12(17-9(2)16-8)14-5-3-4-10-6-15-18-7-10/h6-7H,3-5H2,1-2H3,(H,14,16,17). The van der Waals surface area contributed by atoms with E-state index in [2.05, 4.69) is 20.4 Å². The highest BCUT2D eigenvalue weighted by Gasteiger charge is 2.08. The molecule has 0 saturated heterocycles. The molecule has 0 saturated carbocycles. The average molecular weight is 250 g/mol. The Balaban J connectivity index is 1.86. The molecule has 0 radical (unpaired) electrons. The molecule has 18 heavy (non-hydrogen) atoms. The number of rotatable bonds is 5. The van der Waals surface area contributed by atoms with Gasteiger partial charge in [-0.25, -0.2) is 14.4 Å². The zero-order valence-electron chi connectivity index (χ0n) is 10.4. The van der Waals surface area contributed by atoms with Gasteiger partial charge in [-0.1, -0.05) is 5.16 Å². The van der Waals surface area contributed by atoms with Crippen LogP contribution in [0.15, 0.2) is 17.0 Å². The van der Waals surface area contributed by atoms with Crippen LogP contribution < -0.4 is 5.32 Å². The van der Waals surface area contributed by atoms with Gasteiger partial charge in [0.15, 0.2) is 11.6 Å². The van der Waals surface area contributed by atoms with Crippen LogP contribution in [0.2, 0.25) is 0 Å². The molecule has 0 aliphatic heterocycles. The lowest BCUT2D eigenvalue weighted by atomic mass is 10.2. The summed E-state index contributed by atoms with van der Waals surface area (Å²) in [5, 5.41) is 6.60. The summed E-state index contributed by atoms with van der Waals surface area (Å²) in [6, 6.07) is 0. The van der Waals surface area contributed by atoms with Crippen molar-refractivity contribution in [2.75, 3.05) is 11.9 Å². The molecule has 2 rings (SSSR count). The number of halogens is 1. The molecule has 0 atom stereocenters. The van der Waals surface area contributed by atoms with Crippen LogP contribution in [0, 0.1) is 19.7 Å². The lowest BCUT2D eigenvalue weighted by Crippen LogP contribution is -2.09. The predicted octanol–water partition coefficient (Wildman–Crippen LogP) is 2.27. The Morgan fingerprint density at radius 2 is 2.17 bits per heavy atom. The number of nitrogens with one attached hydrogen (secondary N) is 1. The second-order valence-corrected chi connectivity index (χ2v) is 4.08. The van der Waals surface area contributed by atoms with Crippen molar-refractivity contribution < 1.29 is 8.91 Å². The van der Waals surface area contributed by atoms with Crippen LogP contribution in [0.3, 0.4) is 0 Å². The zero-order valence-corrected chi connectivity index (χ0v) is 10.4. The molecule has 0 aliphatic carbocycles. The third-order valence-corrected chi connectivity index (χ3v) is 2.55. The van der Waals surface area contributed by atoms with Gasteiger partial charge in [0.2, 0.25) is 0 Å². The monoisotopic (exact) mass is 250 g/mol. The van der Waals surface area contributed by atoms with Crippen LogP contribution in [0.25, 0.3) is 0 Å². The summed E-state index contributed by atoms with van der Waals surface area (Å²) in [6.45, 7) is 4.01. The van der Waals surface area contributed by atoms with Crippen LogP contribution in [-0.2, 0) is 6.42 Å². The Labute approximate surface area is 104 Å². The van der Waals surface area contributed by atoms with E-state index in [0.717, 1.165) is 18.4 Å². The Morgan fingerprint density at radius 3 is 2.89 bits per heavy atom. The second-order valence-electron chi connectivity index (χ2n) is 4.08. The van der Waals surface area contributed by atoms with E-state index in [9.17, 15) is 4.39 Å². The van der Waals surface area contributed by atoms with E-state index in [0.29, 0.717) is 18.1 Å². The van der Waals surface area contributed by atoms with Crippen molar-refractivity contribution in [3.05, 3.63) is 35.4 Å². The summed E-state index contributed by atoms with van der Waals surface area (Å²) in [6.07, 6.45) is 4.98. The third kappa shape index (κ3) is 3.03. The first-order chi connectivity index (χ1) is 8.66. The molecule has 0 amide bonds. The SMILES string of the molecule is Cc1nc(C)c(F)c(NCCCc2cnoc2)n1. The van der Waals surface area contributed by atoms with Gasteiger partial charge in [-0.3, -0.25) is 0 Å². The van der Waals surface area contributed by atoms with Gasteiger partial charge in [0.1, 0.15) is 12.1 Å². The average Bonchev–Trinajstić information content (AvgIpc) is 2.83. The molecule has 0 bridgehead atoms. The summed E-state index contributed by atoms with van der Waals surface area (Å²) < 4.78 is 18.4. The molecule has 2 aromatic rings. The highest BCUT2D eigenvalue weighted by molar-refractivity contribution is 5.37. The molecule has 5 nitrogen and oxygen atoms in total. The number of aromatic nitrogens is 3. The first-order valence-electron chi connectivity index (χ1n) is 5.79. The Kier molecular flexibility index (Phi) is 3.86. The topological polar surface area (TPSA) is 63.8 Å². The molecular weight excluding hydrogens is 235 g/mol. The maximum atomic E-state index is 13.7. The van der Waals surface area contributed by atoms with E-state index in [1.165, 1.54) is 0 Å². The van der Waals surface area contributed by atoms with Crippen LogP contribution in [0.5, 0.6) is 0 Å². The fraction of sp³-hybridized carbons (Fsp3) is 0.417. The van der Waals surface area contributed by atoms with E-state index < -0.39 is 0 Å². The molecule has 0 aromatic carbocycles. The van der Waals surface area contributed by atoms with Crippen LogP contribution >= 0.6 is 0 Å². The van der Waals surface area contributed by atoms with Crippen LogP contribution in [0.1, 0.15) is 23.5 Å². The molecule has 0 fully saturated rings. The maximum Gasteiger partial charge on any atom is 0.186 e. The number of hydrogen-bond acceptors (Lipinski definition) is 5. The molecule has 2 heterocycles. The molecular formula is C12H15FN4O. The third-order valence-electron chi connectivity index (χ3n) is 2.55. The Hall–Kier alpha value is -1.98. The van der Waals surface area contributed by atoms with Gasteiger partial charge < -0.3 is 9.84 Å². The maximum absolute atomic E-state index is 13.7. The van der Waals surface area contributed by atoms with Gasteiger partial charge in [0, 0.05) is 12.1 Å². The minimum atomic E-state index is -0.384. The molecule has 0 unspecified atom stereocenters. The minimum absolute atomic E-state index is 0.269. The van der Waals surface area contributed by atoms with Crippen molar-refractivity contribution in [3.63, 3.8) is 0 Å². The largest absolute Gasteiger partial charge is 0.368 e. The predicted molar refractivity (Wildman–Crippen MR) is 64.8 cm³/mol. The van der Waals surface area contributed by atoms with Gasteiger partial charge in [-0.05, 0) is 26.7 Å². The van der Waals surface area contributed by atoms with E-state index >= 15 is 0 Å².